The van der Waals surface area contributed by atoms with Gasteiger partial charge in [0.2, 0.25) is 5.78 Å². The van der Waals surface area contributed by atoms with Crippen LogP contribution in [0.25, 0.3) is 11.0 Å². The average molecular weight is 349 g/mol. The highest BCUT2D eigenvalue weighted by molar-refractivity contribution is 9.10. The number of aryl methyl sites for hydroxylation is 3. The predicted molar refractivity (Wildman–Crippen MR) is 82.7 cm³/mol. The van der Waals surface area contributed by atoms with Gasteiger partial charge in [-0.15, -0.1) is 0 Å². The molecule has 0 unspecified atom stereocenters. The van der Waals surface area contributed by atoms with Crippen molar-refractivity contribution in [1.29, 1.82) is 0 Å². The van der Waals surface area contributed by atoms with E-state index in [0.29, 0.717) is 21.3 Å². The molecule has 0 aliphatic rings. The van der Waals surface area contributed by atoms with Crippen LogP contribution in [0.15, 0.2) is 38.1 Å². The number of nitrogens with zero attached hydrogens (tertiary/aromatic N) is 2. The third-order valence-electron chi connectivity index (χ3n) is 3.67. The van der Waals surface area contributed by atoms with Gasteiger partial charge in [0.1, 0.15) is 0 Å². The Kier molecular flexibility index (Phi) is 3.13. The Hall–Kier alpha value is -2.08. The number of rotatable bonds is 2. The Morgan fingerprint density at radius 2 is 1.81 bits per heavy atom. The number of hydrogen-bond acceptors (Lipinski definition) is 3. The number of carbonyl (C=O) groups is 1. The largest absolute Gasteiger partial charge is 0.461 e. The molecule has 0 aliphatic carbocycles. The number of benzene rings is 1. The smallest absolute Gasteiger partial charge is 0.328 e. The molecule has 108 valence electrons. The molecular formula is C15H13BrN2O3. The van der Waals surface area contributed by atoms with Crippen molar-refractivity contribution in [2.75, 3.05) is 0 Å². The van der Waals surface area contributed by atoms with E-state index in [9.17, 15) is 9.59 Å². The summed E-state index contributed by atoms with van der Waals surface area (Å²) in [5.74, 6) is 0.110. The second-order valence-corrected chi connectivity index (χ2v) is 5.84. The minimum absolute atomic E-state index is 0.129. The van der Waals surface area contributed by atoms with Gasteiger partial charge in [0.15, 0.2) is 5.76 Å². The Labute approximate surface area is 128 Å². The van der Waals surface area contributed by atoms with Crippen LogP contribution in [0.5, 0.6) is 0 Å². The van der Waals surface area contributed by atoms with Crippen molar-refractivity contribution in [2.45, 2.75) is 6.92 Å². The molecule has 3 aromatic rings. The zero-order valence-electron chi connectivity index (χ0n) is 11.8. The molecule has 0 saturated heterocycles. The molecule has 0 atom stereocenters. The lowest BCUT2D eigenvalue weighted by Gasteiger charge is -2.04. The molecule has 0 N–H and O–H groups in total. The number of aromatic nitrogens is 2. The topological polar surface area (TPSA) is 57.1 Å². The van der Waals surface area contributed by atoms with Gasteiger partial charge < -0.3 is 4.42 Å². The minimum Gasteiger partial charge on any atom is -0.461 e. The van der Waals surface area contributed by atoms with E-state index < -0.39 is 0 Å². The van der Waals surface area contributed by atoms with Crippen LogP contribution in [-0.2, 0) is 14.1 Å². The summed E-state index contributed by atoms with van der Waals surface area (Å²) >= 11 is 3.41. The van der Waals surface area contributed by atoms with E-state index in [4.69, 9.17) is 4.42 Å². The summed E-state index contributed by atoms with van der Waals surface area (Å²) in [6.07, 6.45) is 1.49. The van der Waals surface area contributed by atoms with Gasteiger partial charge >= 0.3 is 5.69 Å². The Morgan fingerprint density at radius 3 is 2.38 bits per heavy atom. The highest BCUT2D eigenvalue weighted by atomic mass is 79.9. The first-order chi connectivity index (χ1) is 9.91. The second kappa shape index (κ2) is 4.73. The van der Waals surface area contributed by atoms with E-state index in [2.05, 4.69) is 15.9 Å². The molecular weight excluding hydrogens is 336 g/mol. The van der Waals surface area contributed by atoms with Crippen molar-refractivity contribution in [3.63, 3.8) is 0 Å². The van der Waals surface area contributed by atoms with Crippen molar-refractivity contribution in [1.82, 2.24) is 9.13 Å². The van der Waals surface area contributed by atoms with Gasteiger partial charge in [0.25, 0.3) is 0 Å². The molecule has 6 heteroatoms. The van der Waals surface area contributed by atoms with E-state index in [1.807, 2.05) is 6.92 Å². The first kappa shape index (κ1) is 13.9. The average Bonchev–Trinajstić information content (AvgIpc) is 2.97. The van der Waals surface area contributed by atoms with E-state index in [1.54, 1.807) is 36.9 Å². The lowest BCUT2D eigenvalue weighted by atomic mass is 10.1. The van der Waals surface area contributed by atoms with Crippen LogP contribution >= 0.6 is 15.9 Å². The van der Waals surface area contributed by atoms with Gasteiger partial charge in [0, 0.05) is 24.1 Å². The molecule has 0 amide bonds. The van der Waals surface area contributed by atoms with Gasteiger partial charge in [-0.05, 0) is 46.6 Å². The molecule has 0 bridgehead atoms. The zero-order valence-corrected chi connectivity index (χ0v) is 13.4. The molecule has 21 heavy (non-hydrogen) atoms. The number of fused-ring (bicyclic) bond motifs is 1. The summed E-state index contributed by atoms with van der Waals surface area (Å²) in [6.45, 7) is 1.82. The van der Waals surface area contributed by atoms with Crippen LogP contribution in [0.2, 0.25) is 0 Å². The predicted octanol–water partition coefficient (Wildman–Crippen LogP) is 2.77. The van der Waals surface area contributed by atoms with Gasteiger partial charge in [-0.2, -0.15) is 0 Å². The summed E-state index contributed by atoms with van der Waals surface area (Å²) < 4.78 is 8.97. The summed E-state index contributed by atoms with van der Waals surface area (Å²) in [5.41, 5.74) is 2.60. The van der Waals surface area contributed by atoms with Gasteiger partial charge in [-0.3, -0.25) is 13.9 Å². The quantitative estimate of drug-likeness (QED) is 0.669. The highest BCUT2D eigenvalue weighted by Crippen LogP contribution is 2.26. The van der Waals surface area contributed by atoms with Crippen LogP contribution in [0, 0.1) is 6.92 Å². The third kappa shape index (κ3) is 1.98. The molecule has 0 radical (unpaired) electrons. The van der Waals surface area contributed by atoms with Crippen molar-refractivity contribution >= 4 is 32.7 Å². The molecule has 0 fully saturated rings. The SMILES string of the molecule is Cc1ccoc1C(=O)c1cc2c(cc1Br)n(C)c(=O)n2C. The summed E-state index contributed by atoms with van der Waals surface area (Å²) in [5, 5.41) is 0. The molecule has 0 saturated carbocycles. The first-order valence-electron chi connectivity index (χ1n) is 6.35. The molecule has 0 spiro atoms. The maximum absolute atomic E-state index is 12.6. The van der Waals surface area contributed by atoms with E-state index in [0.717, 1.165) is 11.1 Å². The van der Waals surface area contributed by atoms with Crippen molar-refractivity contribution in [2.24, 2.45) is 14.1 Å². The minimum atomic E-state index is -0.206. The Morgan fingerprint density at radius 1 is 1.19 bits per heavy atom. The fourth-order valence-corrected chi connectivity index (χ4v) is 2.93. The lowest BCUT2D eigenvalue weighted by Crippen LogP contribution is -2.19. The van der Waals surface area contributed by atoms with Crippen LogP contribution in [0.3, 0.4) is 0 Å². The van der Waals surface area contributed by atoms with Gasteiger partial charge in [-0.25, -0.2) is 4.79 Å². The zero-order chi connectivity index (χ0) is 15.3. The van der Waals surface area contributed by atoms with E-state index in [1.165, 1.54) is 10.8 Å². The molecule has 2 heterocycles. The molecule has 2 aromatic heterocycles. The summed E-state index contributed by atoms with van der Waals surface area (Å²) in [7, 11) is 3.39. The molecule has 3 rings (SSSR count). The standard InChI is InChI=1S/C15H13BrN2O3/c1-8-4-5-21-14(8)13(19)9-6-11-12(7-10(9)16)18(3)15(20)17(11)2/h4-7H,1-3H3. The summed E-state index contributed by atoms with van der Waals surface area (Å²) in [6, 6.07) is 5.24. The van der Waals surface area contributed by atoms with Gasteiger partial charge in [-0.1, -0.05) is 0 Å². The third-order valence-corrected chi connectivity index (χ3v) is 4.33. The normalized spacial score (nSPS) is 11.2. The Bertz CT molecular complexity index is 930. The van der Waals surface area contributed by atoms with Crippen molar-refractivity contribution < 1.29 is 9.21 Å². The van der Waals surface area contributed by atoms with Crippen LogP contribution in [0.4, 0.5) is 0 Å². The van der Waals surface area contributed by atoms with E-state index in [-0.39, 0.29) is 11.5 Å². The maximum Gasteiger partial charge on any atom is 0.328 e. The number of hydrogen-bond donors (Lipinski definition) is 0. The monoisotopic (exact) mass is 348 g/mol. The van der Waals surface area contributed by atoms with Crippen molar-refractivity contribution in [3.8, 4) is 0 Å². The number of carbonyl (C=O) groups excluding carboxylic acids is 1. The van der Waals surface area contributed by atoms with Crippen LogP contribution < -0.4 is 5.69 Å². The number of imidazole rings is 1. The second-order valence-electron chi connectivity index (χ2n) is 4.98. The number of halogens is 1. The first-order valence-corrected chi connectivity index (χ1v) is 7.15. The highest BCUT2D eigenvalue weighted by Gasteiger charge is 2.20. The van der Waals surface area contributed by atoms with Crippen LogP contribution in [0.1, 0.15) is 21.7 Å². The van der Waals surface area contributed by atoms with Crippen molar-refractivity contribution in [3.05, 3.63) is 56.3 Å². The maximum atomic E-state index is 12.6. The Balaban J connectivity index is 2.27. The molecule has 0 aliphatic heterocycles. The lowest BCUT2D eigenvalue weighted by molar-refractivity contribution is 0.101. The fraction of sp³-hybridized carbons (Fsp3) is 0.200. The van der Waals surface area contributed by atoms with Crippen LogP contribution in [-0.4, -0.2) is 14.9 Å². The fourth-order valence-electron chi connectivity index (χ4n) is 2.42. The molecule has 5 nitrogen and oxygen atoms in total. The van der Waals surface area contributed by atoms with E-state index >= 15 is 0 Å². The summed E-state index contributed by atoms with van der Waals surface area (Å²) in [4.78, 5) is 24.5. The van der Waals surface area contributed by atoms with Gasteiger partial charge in [0.05, 0.1) is 17.3 Å². The molecule has 1 aromatic carbocycles. The number of furan rings is 1. The number of ketones is 1.